The van der Waals surface area contributed by atoms with Gasteiger partial charge in [-0.1, -0.05) is 18.6 Å². The summed E-state index contributed by atoms with van der Waals surface area (Å²) in [5, 5.41) is 10.3. The standard InChI is InChI=1S/C21H30O2/c1-3-14-5-7-18-17-6-4-15-12-16(23)8-11-21(15,13-22)19(17)9-10-20(14,18)2/h3,12,14,17-19,22H,1,4-11,13H2,2H3. The Morgan fingerprint density at radius 3 is 2.78 bits per heavy atom. The van der Waals surface area contributed by atoms with Crippen LogP contribution in [0.5, 0.6) is 0 Å². The van der Waals surface area contributed by atoms with Gasteiger partial charge in [-0.2, -0.15) is 0 Å². The molecular formula is C21H30O2. The lowest BCUT2D eigenvalue weighted by Crippen LogP contribution is -2.52. The fraction of sp³-hybridized carbons (Fsp3) is 0.762. The maximum atomic E-state index is 11.9. The van der Waals surface area contributed by atoms with Crippen LogP contribution in [0.2, 0.25) is 0 Å². The Labute approximate surface area is 140 Å². The Balaban J connectivity index is 1.70. The molecule has 6 unspecified atom stereocenters. The lowest BCUT2D eigenvalue weighted by molar-refractivity contribution is -0.119. The Bertz CT molecular complexity index is 562. The Kier molecular flexibility index (Phi) is 3.61. The molecule has 0 bridgehead atoms. The first-order valence-corrected chi connectivity index (χ1v) is 9.52. The van der Waals surface area contributed by atoms with Crippen LogP contribution < -0.4 is 0 Å². The number of carbonyl (C=O) groups excluding carboxylic acids is 1. The number of ketones is 1. The average molecular weight is 314 g/mol. The molecule has 0 radical (unpaired) electrons. The summed E-state index contributed by atoms with van der Waals surface area (Å²) < 4.78 is 0. The minimum absolute atomic E-state index is 0.0789. The van der Waals surface area contributed by atoms with Crippen LogP contribution in [-0.2, 0) is 4.79 Å². The van der Waals surface area contributed by atoms with Crippen LogP contribution in [0.25, 0.3) is 0 Å². The third-order valence-electron chi connectivity index (χ3n) is 8.33. The number of carbonyl (C=O) groups is 1. The van der Waals surface area contributed by atoms with Crippen LogP contribution in [0.15, 0.2) is 24.3 Å². The van der Waals surface area contributed by atoms with E-state index in [0.29, 0.717) is 23.7 Å². The van der Waals surface area contributed by atoms with Crippen molar-refractivity contribution in [1.82, 2.24) is 0 Å². The van der Waals surface area contributed by atoms with Crippen molar-refractivity contribution in [2.45, 2.75) is 58.3 Å². The first-order chi connectivity index (χ1) is 11.0. The van der Waals surface area contributed by atoms with E-state index in [0.717, 1.165) is 24.7 Å². The van der Waals surface area contributed by atoms with E-state index in [4.69, 9.17) is 0 Å². The molecule has 0 saturated heterocycles. The van der Waals surface area contributed by atoms with Crippen LogP contribution in [-0.4, -0.2) is 17.5 Å². The third kappa shape index (κ3) is 2.00. The lowest BCUT2D eigenvalue weighted by Gasteiger charge is -2.58. The maximum Gasteiger partial charge on any atom is 0.155 e. The quantitative estimate of drug-likeness (QED) is 0.772. The molecule has 0 heterocycles. The largest absolute Gasteiger partial charge is 0.395 e. The normalized spacial score (nSPS) is 49.0. The average Bonchev–Trinajstić information content (AvgIpc) is 2.90. The minimum atomic E-state index is -0.0789. The predicted octanol–water partition coefficient (Wildman–Crippen LogP) is 4.29. The van der Waals surface area contributed by atoms with E-state index in [1.807, 2.05) is 6.08 Å². The molecule has 0 aliphatic heterocycles. The van der Waals surface area contributed by atoms with Crippen molar-refractivity contribution in [2.75, 3.05) is 6.61 Å². The molecule has 23 heavy (non-hydrogen) atoms. The maximum absolute atomic E-state index is 11.9. The van der Waals surface area contributed by atoms with Gasteiger partial charge in [-0.05, 0) is 80.1 Å². The summed E-state index contributed by atoms with van der Waals surface area (Å²) >= 11 is 0. The Morgan fingerprint density at radius 1 is 1.22 bits per heavy atom. The molecule has 1 N–H and O–H groups in total. The fourth-order valence-corrected chi connectivity index (χ4v) is 7.09. The third-order valence-corrected chi connectivity index (χ3v) is 8.33. The highest BCUT2D eigenvalue weighted by Gasteiger charge is 2.59. The van der Waals surface area contributed by atoms with Crippen LogP contribution in [0, 0.1) is 34.5 Å². The molecule has 3 fully saturated rings. The number of fused-ring (bicyclic) bond motifs is 5. The molecule has 0 aromatic carbocycles. The molecule has 2 heteroatoms. The molecule has 4 aliphatic carbocycles. The smallest absolute Gasteiger partial charge is 0.155 e. The van der Waals surface area contributed by atoms with Gasteiger partial charge in [0, 0.05) is 11.8 Å². The Hall–Kier alpha value is -0.890. The van der Waals surface area contributed by atoms with E-state index < -0.39 is 0 Å². The second kappa shape index (κ2) is 5.31. The monoisotopic (exact) mass is 314 g/mol. The van der Waals surface area contributed by atoms with Crippen molar-refractivity contribution < 1.29 is 9.90 Å². The number of allylic oxidation sites excluding steroid dienone is 1. The summed E-state index contributed by atoms with van der Waals surface area (Å²) in [6.45, 7) is 6.83. The topological polar surface area (TPSA) is 37.3 Å². The molecule has 0 spiro atoms. The van der Waals surface area contributed by atoms with E-state index in [1.165, 1.54) is 37.7 Å². The zero-order valence-corrected chi connectivity index (χ0v) is 14.4. The highest BCUT2D eigenvalue weighted by atomic mass is 16.3. The van der Waals surface area contributed by atoms with Gasteiger partial charge < -0.3 is 5.11 Å². The molecule has 4 rings (SSSR count). The van der Waals surface area contributed by atoms with E-state index in [-0.39, 0.29) is 17.8 Å². The summed E-state index contributed by atoms with van der Waals surface area (Å²) in [5.41, 5.74) is 1.62. The Morgan fingerprint density at radius 2 is 2.04 bits per heavy atom. The van der Waals surface area contributed by atoms with Crippen molar-refractivity contribution >= 4 is 5.78 Å². The van der Waals surface area contributed by atoms with Crippen molar-refractivity contribution in [1.29, 1.82) is 0 Å². The summed E-state index contributed by atoms with van der Waals surface area (Å²) in [5.74, 6) is 3.05. The summed E-state index contributed by atoms with van der Waals surface area (Å²) in [6, 6.07) is 0. The van der Waals surface area contributed by atoms with Crippen LogP contribution in [0.3, 0.4) is 0 Å². The zero-order chi connectivity index (χ0) is 16.2. The molecule has 0 aromatic rings. The predicted molar refractivity (Wildman–Crippen MR) is 91.8 cm³/mol. The molecular weight excluding hydrogens is 284 g/mol. The van der Waals surface area contributed by atoms with Gasteiger partial charge in [0.1, 0.15) is 0 Å². The first kappa shape index (κ1) is 15.6. The summed E-state index contributed by atoms with van der Waals surface area (Å²) in [7, 11) is 0. The number of aliphatic hydroxyl groups is 1. The lowest BCUT2D eigenvalue weighted by atomic mass is 9.46. The molecule has 2 nitrogen and oxygen atoms in total. The number of rotatable bonds is 2. The van der Waals surface area contributed by atoms with Crippen LogP contribution in [0.4, 0.5) is 0 Å². The van der Waals surface area contributed by atoms with E-state index in [9.17, 15) is 9.90 Å². The van der Waals surface area contributed by atoms with Crippen LogP contribution >= 0.6 is 0 Å². The van der Waals surface area contributed by atoms with E-state index in [2.05, 4.69) is 19.6 Å². The fourth-order valence-electron chi connectivity index (χ4n) is 7.09. The highest BCUT2D eigenvalue weighted by molar-refractivity contribution is 5.91. The van der Waals surface area contributed by atoms with Gasteiger partial charge in [0.2, 0.25) is 0 Å². The molecule has 3 saturated carbocycles. The second-order valence-electron chi connectivity index (χ2n) is 8.83. The van der Waals surface area contributed by atoms with Gasteiger partial charge in [0.25, 0.3) is 0 Å². The molecule has 6 atom stereocenters. The van der Waals surface area contributed by atoms with Gasteiger partial charge in [0.05, 0.1) is 6.61 Å². The summed E-state index contributed by atoms with van der Waals surface area (Å²) in [4.78, 5) is 11.9. The first-order valence-electron chi connectivity index (χ1n) is 9.52. The number of hydrogen-bond donors (Lipinski definition) is 1. The van der Waals surface area contributed by atoms with Crippen molar-refractivity contribution in [3.63, 3.8) is 0 Å². The van der Waals surface area contributed by atoms with Crippen molar-refractivity contribution in [2.24, 2.45) is 34.5 Å². The molecule has 0 aromatic heterocycles. The molecule has 4 aliphatic rings. The van der Waals surface area contributed by atoms with Gasteiger partial charge in [-0.25, -0.2) is 0 Å². The van der Waals surface area contributed by atoms with Crippen molar-refractivity contribution in [3.8, 4) is 0 Å². The van der Waals surface area contributed by atoms with Crippen LogP contribution in [0.1, 0.15) is 58.3 Å². The minimum Gasteiger partial charge on any atom is -0.395 e. The number of aliphatic hydroxyl groups excluding tert-OH is 1. The van der Waals surface area contributed by atoms with E-state index in [1.54, 1.807) is 0 Å². The van der Waals surface area contributed by atoms with Gasteiger partial charge in [-0.15, -0.1) is 6.58 Å². The SMILES string of the molecule is C=CC1CCC2C3CCC4=CC(=O)CCC4(CO)C3CCC12C. The highest BCUT2D eigenvalue weighted by Crippen LogP contribution is 2.66. The van der Waals surface area contributed by atoms with Crippen molar-refractivity contribution in [3.05, 3.63) is 24.3 Å². The second-order valence-corrected chi connectivity index (χ2v) is 8.83. The zero-order valence-electron chi connectivity index (χ0n) is 14.4. The summed E-state index contributed by atoms with van der Waals surface area (Å²) in [6.07, 6.45) is 12.9. The van der Waals surface area contributed by atoms with Gasteiger partial charge >= 0.3 is 0 Å². The van der Waals surface area contributed by atoms with E-state index >= 15 is 0 Å². The van der Waals surface area contributed by atoms with Gasteiger partial charge in [-0.3, -0.25) is 4.79 Å². The van der Waals surface area contributed by atoms with Gasteiger partial charge in [0.15, 0.2) is 5.78 Å². The molecule has 0 amide bonds. The molecule has 126 valence electrons. The number of hydrogen-bond acceptors (Lipinski definition) is 2.